The zero-order chi connectivity index (χ0) is 13.8. The molecule has 4 aromatic rings. The summed E-state index contributed by atoms with van der Waals surface area (Å²) in [5, 5.41) is 8.27. The lowest BCUT2D eigenvalue weighted by atomic mass is 9.94. The Bertz CT molecular complexity index is 1010. The van der Waals surface area contributed by atoms with E-state index in [2.05, 4.69) is 60.7 Å². The fraction of sp³-hybridized carbons (Fsp3) is 0.143. The average molecular weight is 268 g/mol. The summed E-state index contributed by atoms with van der Waals surface area (Å²) in [6.45, 7) is 0. The smallest absolute Gasteiger partial charge is 0.00989 e. The Morgan fingerprint density at radius 2 is 1.38 bits per heavy atom. The van der Waals surface area contributed by atoms with Crippen LogP contribution in [0, 0.1) is 0 Å². The van der Waals surface area contributed by atoms with Crippen molar-refractivity contribution >= 4 is 32.3 Å². The molecule has 0 saturated heterocycles. The quantitative estimate of drug-likeness (QED) is 0.286. The van der Waals surface area contributed by atoms with Gasteiger partial charge in [-0.2, -0.15) is 0 Å². The third-order valence-corrected chi connectivity index (χ3v) is 4.96. The van der Waals surface area contributed by atoms with E-state index in [1.54, 1.807) is 11.1 Å². The van der Waals surface area contributed by atoms with Crippen LogP contribution in [0.4, 0.5) is 0 Å². The SMILES string of the molecule is c1ccc2cc3c(ccc4c5c(ccc43)CCC5)cc2c1. The molecule has 0 N–H and O–H groups in total. The minimum atomic E-state index is 1.24. The van der Waals surface area contributed by atoms with E-state index in [4.69, 9.17) is 0 Å². The van der Waals surface area contributed by atoms with Gasteiger partial charge in [0.15, 0.2) is 0 Å². The van der Waals surface area contributed by atoms with Gasteiger partial charge in [-0.1, -0.05) is 48.5 Å². The molecule has 0 bridgehead atoms. The minimum absolute atomic E-state index is 1.24. The molecule has 1 aliphatic carbocycles. The molecule has 0 aromatic heterocycles. The maximum absolute atomic E-state index is 2.36. The van der Waals surface area contributed by atoms with E-state index in [9.17, 15) is 0 Å². The van der Waals surface area contributed by atoms with Gasteiger partial charge in [-0.15, -0.1) is 0 Å². The van der Waals surface area contributed by atoms with Gasteiger partial charge in [0.2, 0.25) is 0 Å². The van der Waals surface area contributed by atoms with E-state index in [0.29, 0.717) is 0 Å². The van der Waals surface area contributed by atoms with Crippen molar-refractivity contribution in [1.82, 2.24) is 0 Å². The first-order chi connectivity index (χ1) is 10.4. The van der Waals surface area contributed by atoms with Crippen molar-refractivity contribution in [2.24, 2.45) is 0 Å². The van der Waals surface area contributed by atoms with Crippen molar-refractivity contribution in [3.8, 4) is 0 Å². The second-order valence-electron chi connectivity index (χ2n) is 6.14. The fourth-order valence-electron chi connectivity index (χ4n) is 3.92. The molecule has 0 aliphatic heterocycles. The van der Waals surface area contributed by atoms with Gasteiger partial charge < -0.3 is 0 Å². The predicted molar refractivity (Wildman–Crippen MR) is 91.0 cm³/mol. The van der Waals surface area contributed by atoms with Gasteiger partial charge in [0, 0.05) is 0 Å². The van der Waals surface area contributed by atoms with E-state index >= 15 is 0 Å². The van der Waals surface area contributed by atoms with E-state index in [0.717, 1.165) is 0 Å². The summed E-state index contributed by atoms with van der Waals surface area (Å²) in [5.74, 6) is 0. The molecule has 5 rings (SSSR count). The molecule has 0 amide bonds. The molecule has 0 heteroatoms. The highest BCUT2D eigenvalue weighted by Gasteiger charge is 2.14. The number of aryl methyl sites for hydroxylation is 2. The molecular weight excluding hydrogens is 252 g/mol. The summed E-state index contributed by atoms with van der Waals surface area (Å²) >= 11 is 0. The molecule has 0 radical (unpaired) electrons. The highest BCUT2D eigenvalue weighted by Crippen LogP contribution is 2.35. The van der Waals surface area contributed by atoms with Crippen LogP contribution in [0.3, 0.4) is 0 Å². The van der Waals surface area contributed by atoms with E-state index in [-0.39, 0.29) is 0 Å². The molecular formula is C21H16. The largest absolute Gasteiger partial charge is 0.0616 e. The molecule has 1 aliphatic rings. The van der Waals surface area contributed by atoms with Gasteiger partial charge in [-0.25, -0.2) is 0 Å². The first-order valence-corrected chi connectivity index (χ1v) is 7.76. The summed E-state index contributed by atoms with van der Waals surface area (Å²) in [7, 11) is 0. The van der Waals surface area contributed by atoms with Crippen LogP contribution in [0.1, 0.15) is 17.5 Å². The van der Waals surface area contributed by atoms with Crippen molar-refractivity contribution in [1.29, 1.82) is 0 Å². The molecule has 0 spiro atoms. The van der Waals surface area contributed by atoms with Crippen LogP contribution in [-0.4, -0.2) is 0 Å². The zero-order valence-electron chi connectivity index (χ0n) is 11.9. The molecule has 100 valence electrons. The van der Waals surface area contributed by atoms with Crippen LogP contribution in [0.2, 0.25) is 0 Å². The monoisotopic (exact) mass is 268 g/mol. The highest BCUT2D eigenvalue weighted by atomic mass is 14.2. The van der Waals surface area contributed by atoms with E-state index in [1.165, 1.54) is 51.6 Å². The number of benzene rings is 4. The lowest BCUT2D eigenvalue weighted by molar-refractivity contribution is 0.913. The van der Waals surface area contributed by atoms with Crippen LogP contribution >= 0.6 is 0 Å². The number of rotatable bonds is 0. The second-order valence-corrected chi connectivity index (χ2v) is 6.14. The Kier molecular flexibility index (Phi) is 2.20. The number of fused-ring (bicyclic) bond motifs is 6. The Morgan fingerprint density at radius 3 is 2.29 bits per heavy atom. The van der Waals surface area contributed by atoms with Crippen molar-refractivity contribution in [3.05, 3.63) is 71.8 Å². The van der Waals surface area contributed by atoms with Crippen molar-refractivity contribution in [3.63, 3.8) is 0 Å². The summed E-state index contributed by atoms with van der Waals surface area (Å²) in [6.07, 6.45) is 3.80. The van der Waals surface area contributed by atoms with Gasteiger partial charge in [0.1, 0.15) is 0 Å². The van der Waals surface area contributed by atoms with Gasteiger partial charge in [0.05, 0.1) is 0 Å². The van der Waals surface area contributed by atoms with Crippen molar-refractivity contribution in [2.75, 3.05) is 0 Å². The maximum Gasteiger partial charge on any atom is -0.00989 e. The minimum Gasteiger partial charge on any atom is -0.0616 e. The van der Waals surface area contributed by atoms with E-state index in [1.807, 2.05) is 0 Å². The predicted octanol–water partition coefficient (Wildman–Crippen LogP) is 5.63. The Morgan fingerprint density at radius 1 is 0.571 bits per heavy atom. The summed E-state index contributed by atoms with van der Waals surface area (Å²) in [5.41, 5.74) is 3.14. The van der Waals surface area contributed by atoms with Gasteiger partial charge >= 0.3 is 0 Å². The number of hydrogen-bond donors (Lipinski definition) is 0. The van der Waals surface area contributed by atoms with Crippen LogP contribution in [0.5, 0.6) is 0 Å². The lowest BCUT2D eigenvalue weighted by Gasteiger charge is -2.10. The van der Waals surface area contributed by atoms with Crippen LogP contribution in [0.15, 0.2) is 60.7 Å². The highest BCUT2D eigenvalue weighted by molar-refractivity contribution is 6.13. The van der Waals surface area contributed by atoms with Crippen molar-refractivity contribution < 1.29 is 0 Å². The fourth-order valence-corrected chi connectivity index (χ4v) is 3.92. The molecule has 0 saturated carbocycles. The van der Waals surface area contributed by atoms with Gasteiger partial charge in [0.25, 0.3) is 0 Å². The molecule has 0 atom stereocenters. The van der Waals surface area contributed by atoms with Crippen molar-refractivity contribution in [2.45, 2.75) is 19.3 Å². The first kappa shape index (κ1) is 11.3. The third kappa shape index (κ3) is 1.56. The number of hydrogen-bond acceptors (Lipinski definition) is 0. The Hall–Kier alpha value is -2.34. The van der Waals surface area contributed by atoms with Gasteiger partial charge in [-0.05, 0) is 74.8 Å². The van der Waals surface area contributed by atoms with Crippen LogP contribution in [0.25, 0.3) is 32.3 Å². The normalized spacial score (nSPS) is 14.1. The first-order valence-electron chi connectivity index (χ1n) is 7.76. The van der Waals surface area contributed by atoms with Gasteiger partial charge in [-0.3, -0.25) is 0 Å². The summed E-state index contributed by atoms with van der Waals surface area (Å²) in [4.78, 5) is 0. The lowest BCUT2D eigenvalue weighted by Crippen LogP contribution is -1.86. The molecule has 0 heterocycles. The van der Waals surface area contributed by atoms with Crippen LogP contribution in [-0.2, 0) is 12.8 Å². The summed E-state index contributed by atoms with van der Waals surface area (Å²) in [6, 6.07) is 22.6. The maximum atomic E-state index is 2.36. The molecule has 21 heavy (non-hydrogen) atoms. The topological polar surface area (TPSA) is 0 Å². The Labute approximate surface area is 124 Å². The Balaban J connectivity index is 1.97. The standard InChI is InChI=1S/C21H16/c1-2-5-16-13-21-17(12-15(16)4-1)9-11-19-18-7-3-6-14(18)8-10-20(19)21/h1-2,4-5,8-13H,3,6-7H2. The van der Waals surface area contributed by atoms with Crippen LogP contribution < -0.4 is 0 Å². The molecule has 0 unspecified atom stereocenters. The average Bonchev–Trinajstić information content (AvgIpc) is 3.01. The zero-order valence-corrected chi connectivity index (χ0v) is 11.9. The second kappa shape index (κ2) is 4.08. The molecule has 4 aromatic carbocycles. The molecule has 0 fully saturated rings. The summed E-state index contributed by atoms with van der Waals surface area (Å²) < 4.78 is 0. The third-order valence-electron chi connectivity index (χ3n) is 4.96. The molecule has 0 nitrogen and oxygen atoms in total. The van der Waals surface area contributed by atoms with E-state index < -0.39 is 0 Å².